The highest BCUT2D eigenvalue weighted by molar-refractivity contribution is 9.10. The second kappa shape index (κ2) is 6.17. The predicted molar refractivity (Wildman–Crippen MR) is 77.5 cm³/mol. The van der Waals surface area contributed by atoms with E-state index in [9.17, 15) is 0 Å². The molecular formula is C12H13BrN4S. The molecule has 0 aliphatic carbocycles. The van der Waals surface area contributed by atoms with Crippen molar-refractivity contribution in [3.05, 3.63) is 40.6 Å². The minimum absolute atomic E-state index is 0.682. The Morgan fingerprint density at radius 2 is 2.11 bits per heavy atom. The molecule has 0 saturated heterocycles. The van der Waals surface area contributed by atoms with Gasteiger partial charge in [0.15, 0.2) is 0 Å². The lowest BCUT2D eigenvalue weighted by molar-refractivity contribution is 0.940. The number of nitrogens with one attached hydrogen (secondary N) is 1. The van der Waals surface area contributed by atoms with Gasteiger partial charge in [0, 0.05) is 14.9 Å². The fourth-order valence-electron chi connectivity index (χ4n) is 1.56. The Labute approximate surface area is 119 Å². The maximum Gasteiger partial charge on any atom is 0.147 e. The number of aromatic nitrogens is 2. The van der Waals surface area contributed by atoms with Crippen molar-refractivity contribution >= 4 is 33.5 Å². The molecule has 1 aromatic heterocycles. The summed E-state index contributed by atoms with van der Waals surface area (Å²) in [6.45, 7) is 2.06. The summed E-state index contributed by atoms with van der Waals surface area (Å²) in [5.74, 6) is 6.14. The summed E-state index contributed by atoms with van der Waals surface area (Å²) in [4.78, 5) is 9.57. The number of nitrogens with zero attached hydrogens (tertiary/aromatic N) is 2. The Kier molecular flexibility index (Phi) is 4.57. The van der Waals surface area contributed by atoms with Crippen LogP contribution in [0.15, 0.2) is 45.0 Å². The molecule has 2 rings (SSSR count). The summed E-state index contributed by atoms with van der Waals surface area (Å²) >= 11 is 5.13. The van der Waals surface area contributed by atoms with Crippen LogP contribution in [0, 0.1) is 0 Å². The average molecular weight is 325 g/mol. The lowest BCUT2D eigenvalue weighted by Crippen LogP contribution is -2.12. The monoisotopic (exact) mass is 324 g/mol. The SMILES string of the molecule is CCc1c(NN)ncnc1Sc1ccccc1Br. The highest BCUT2D eigenvalue weighted by Gasteiger charge is 2.11. The molecule has 0 amide bonds. The third-order valence-electron chi connectivity index (χ3n) is 2.44. The number of nitrogen functional groups attached to an aromatic ring is 1. The van der Waals surface area contributed by atoms with Crippen LogP contribution in [0.4, 0.5) is 5.82 Å². The molecule has 94 valence electrons. The summed E-state index contributed by atoms with van der Waals surface area (Å²) in [7, 11) is 0. The van der Waals surface area contributed by atoms with Gasteiger partial charge in [0.1, 0.15) is 17.2 Å². The molecule has 1 aromatic carbocycles. The lowest BCUT2D eigenvalue weighted by atomic mass is 10.2. The van der Waals surface area contributed by atoms with Gasteiger partial charge >= 0.3 is 0 Å². The predicted octanol–water partition coefficient (Wildman–Crippen LogP) is 3.24. The van der Waals surface area contributed by atoms with Crippen molar-refractivity contribution in [1.82, 2.24) is 9.97 Å². The Bertz CT molecular complexity index is 547. The molecule has 0 spiro atoms. The number of benzene rings is 1. The molecule has 0 unspecified atom stereocenters. The third-order valence-corrected chi connectivity index (χ3v) is 4.51. The first kappa shape index (κ1) is 13.3. The molecule has 0 aliphatic heterocycles. The molecule has 6 heteroatoms. The summed E-state index contributed by atoms with van der Waals surface area (Å²) in [6.07, 6.45) is 2.35. The van der Waals surface area contributed by atoms with Crippen LogP contribution in [0.1, 0.15) is 12.5 Å². The molecule has 2 aromatic rings. The van der Waals surface area contributed by atoms with Crippen LogP contribution >= 0.6 is 27.7 Å². The van der Waals surface area contributed by atoms with Crippen molar-refractivity contribution in [3.8, 4) is 0 Å². The number of hydrogen-bond acceptors (Lipinski definition) is 5. The maximum atomic E-state index is 5.46. The lowest BCUT2D eigenvalue weighted by Gasteiger charge is -2.10. The van der Waals surface area contributed by atoms with E-state index in [2.05, 4.69) is 38.2 Å². The van der Waals surface area contributed by atoms with E-state index in [1.165, 1.54) is 6.33 Å². The summed E-state index contributed by atoms with van der Waals surface area (Å²) < 4.78 is 1.05. The second-order valence-electron chi connectivity index (χ2n) is 3.54. The molecule has 18 heavy (non-hydrogen) atoms. The molecule has 3 N–H and O–H groups in total. The van der Waals surface area contributed by atoms with Gasteiger partial charge in [-0.3, -0.25) is 0 Å². The van der Waals surface area contributed by atoms with Crippen LogP contribution < -0.4 is 11.3 Å². The topological polar surface area (TPSA) is 63.8 Å². The van der Waals surface area contributed by atoms with Crippen LogP contribution in [0.3, 0.4) is 0 Å². The van der Waals surface area contributed by atoms with E-state index in [0.29, 0.717) is 5.82 Å². The fraction of sp³-hybridized carbons (Fsp3) is 0.167. The van der Waals surface area contributed by atoms with E-state index >= 15 is 0 Å². The third kappa shape index (κ3) is 2.82. The Balaban J connectivity index is 2.37. The van der Waals surface area contributed by atoms with Crippen molar-refractivity contribution in [2.24, 2.45) is 5.84 Å². The van der Waals surface area contributed by atoms with Gasteiger partial charge < -0.3 is 5.43 Å². The van der Waals surface area contributed by atoms with Crippen LogP contribution in [0.2, 0.25) is 0 Å². The number of hydrogen-bond donors (Lipinski definition) is 2. The van der Waals surface area contributed by atoms with E-state index in [1.807, 2.05) is 24.3 Å². The molecular weight excluding hydrogens is 312 g/mol. The van der Waals surface area contributed by atoms with Crippen LogP contribution in [0.25, 0.3) is 0 Å². The molecule has 0 atom stereocenters. The molecule has 0 aliphatic rings. The van der Waals surface area contributed by atoms with E-state index in [-0.39, 0.29) is 0 Å². The quantitative estimate of drug-likeness (QED) is 0.513. The Morgan fingerprint density at radius 3 is 2.78 bits per heavy atom. The summed E-state index contributed by atoms with van der Waals surface area (Å²) in [6, 6.07) is 8.05. The van der Waals surface area contributed by atoms with Gasteiger partial charge in [0.25, 0.3) is 0 Å². The van der Waals surface area contributed by atoms with Gasteiger partial charge in [0.05, 0.1) is 0 Å². The zero-order chi connectivity index (χ0) is 13.0. The van der Waals surface area contributed by atoms with Gasteiger partial charge in [-0.25, -0.2) is 15.8 Å². The highest BCUT2D eigenvalue weighted by atomic mass is 79.9. The number of halogens is 1. The Morgan fingerprint density at radius 1 is 1.33 bits per heavy atom. The highest BCUT2D eigenvalue weighted by Crippen LogP contribution is 2.35. The minimum atomic E-state index is 0.682. The first-order chi connectivity index (χ1) is 8.76. The average Bonchev–Trinajstić information content (AvgIpc) is 2.41. The first-order valence-electron chi connectivity index (χ1n) is 5.49. The minimum Gasteiger partial charge on any atom is -0.308 e. The van der Waals surface area contributed by atoms with Gasteiger partial charge in [-0.15, -0.1) is 0 Å². The second-order valence-corrected chi connectivity index (χ2v) is 5.42. The van der Waals surface area contributed by atoms with E-state index < -0.39 is 0 Å². The summed E-state index contributed by atoms with van der Waals surface area (Å²) in [5, 5.41) is 0.923. The zero-order valence-electron chi connectivity index (χ0n) is 9.85. The Hall–Kier alpha value is -1.11. The first-order valence-corrected chi connectivity index (χ1v) is 7.10. The van der Waals surface area contributed by atoms with E-state index in [0.717, 1.165) is 26.4 Å². The molecule has 0 radical (unpaired) electrons. The van der Waals surface area contributed by atoms with Crippen molar-refractivity contribution in [2.45, 2.75) is 23.3 Å². The summed E-state index contributed by atoms with van der Waals surface area (Å²) in [5.41, 5.74) is 3.64. The number of anilines is 1. The number of nitrogens with two attached hydrogens (primary N) is 1. The van der Waals surface area contributed by atoms with Gasteiger partial charge in [-0.2, -0.15) is 0 Å². The van der Waals surface area contributed by atoms with Crippen LogP contribution in [0.5, 0.6) is 0 Å². The zero-order valence-corrected chi connectivity index (χ0v) is 12.3. The van der Waals surface area contributed by atoms with E-state index in [4.69, 9.17) is 5.84 Å². The van der Waals surface area contributed by atoms with Crippen LogP contribution in [-0.2, 0) is 6.42 Å². The molecule has 0 fully saturated rings. The standard InChI is InChI=1S/C12H13BrN4S/c1-2-8-11(17-14)15-7-16-12(8)18-10-6-4-3-5-9(10)13/h3-7H,2,14H2,1H3,(H,15,16,17). The normalized spacial score (nSPS) is 10.4. The van der Waals surface area contributed by atoms with Gasteiger partial charge in [-0.1, -0.05) is 30.8 Å². The van der Waals surface area contributed by atoms with E-state index in [1.54, 1.807) is 11.8 Å². The molecule has 0 bridgehead atoms. The number of hydrazine groups is 1. The molecule has 4 nitrogen and oxygen atoms in total. The van der Waals surface area contributed by atoms with Crippen molar-refractivity contribution in [3.63, 3.8) is 0 Å². The smallest absolute Gasteiger partial charge is 0.147 e. The molecule has 1 heterocycles. The van der Waals surface area contributed by atoms with Crippen molar-refractivity contribution in [2.75, 3.05) is 5.43 Å². The van der Waals surface area contributed by atoms with Gasteiger partial charge in [-0.05, 0) is 34.5 Å². The van der Waals surface area contributed by atoms with Crippen molar-refractivity contribution in [1.29, 1.82) is 0 Å². The largest absolute Gasteiger partial charge is 0.308 e. The van der Waals surface area contributed by atoms with Crippen molar-refractivity contribution < 1.29 is 0 Å². The van der Waals surface area contributed by atoms with Gasteiger partial charge in [0.2, 0.25) is 0 Å². The molecule has 0 saturated carbocycles. The number of rotatable bonds is 4. The van der Waals surface area contributed by atoms with Crippen LogP contribution in [-0.4, -0.2) is 9.97 Å². The maximum absolute atomic E-state index is 5.46. The fourth-order valence-corrected chi connectivity index (χ4v) is 3.07.